The molecule has 1 aromatic rings. The van der Waals surface area contributed by atoms with E-state index >= 15 is 0 Å². The van der Waals surface area contributed by atoms with E-state index < -0.39 is 5.97 Å². The van der Waals surface area contributed by atoms with E-state index in [9.17, 15) is 9.59 Å². The van der Waals surface area contributed by atoms with Crippen LogP contribution in [0.2, 0.25) is 0 Å². The van der Waals surface area contributed by atoms with E-state index in [2.05, 4.69) is 10.6 Å². The molecule has 0 saturated heterocycles. The number of carbonyl (C=O) groups excluding carboxylic acids is 1. The number of benzene rings is 1. The minimum Gasteiger partial charge on any atom is -0.491 e. The van der Waals surface area contributed by atoms with Gasteiger partial charge in [-0.25, -0.2) is 4.79 Å². The Morgan fingerprint density at radius 1 is 1.45 bits per heavy atom. The molecule has 0 spiro atoms. The van der Waals surface area contributed by atoms with Gasteiger partial charge in [0.05, 0.1) is 12.5 Å². The number of amides is 2. The van der Waals surface area contributed by atoms with E-state index in [1.165, 1.54) is 0 Å². The van der Waals surface area contributed by atoms with Crippen molar-refractivity contribution in [3.63, 3.8) is 0 Å². The van der Waals surface area contributed by atoms with E-state index in [0.29, 0.717) is 13.0 Å². The Labute approximate surface area is 117 Å². The van der Waals surface area contributed by atoms with Gasteiger partial charge in [-0.3, -0.25) is 4.79 Å². The number of para-hydroxylation sites is 1. The topological polar surface area (TPSA) is 87.7 Å². The van der Waals surface area contributed by atoms with E-state index in [0.717, 1.165) is 16.9 Å². The maximum absolute atomic E-state index is 11.6. The fourth-order valence-electron chi connectivity index (χ4n) is 2.20. The van der Waals surface area contributed by atoms with Crippen molar-refractivity contribution in [1.29, 1.82) is 0 Å². The molecule has 0 aliphatic carbocycles. The van der Waals surface area contributed by atoms with Crippen LogP contribution in [0.25, 0.3) is 0 Å². The molecule has 6 heteroatoms. The Morgan fingerprint density at radius 2 is 2.25 bits per heavy atom. The fourth-order valence-corrected chi connectivity index (χ4v) is 2.20. The second-order valence-corrected chi connectivity index (χ2v) is 4.82. The summed E-state index contributed by atoms with van der Waals surface area (Å²) in [6, 6.07) is 5.47. The third-order valence-electron chi connectivity index (χ3n) is 3.15. The lowest BCUT2D eigenvalue weighted by Gasteiger charge is -2.27. The summed E-state index contributed by atoms with van der Waals surface area (Å²) in [5.74, 6) is -0.0347. The number of aryl methyl sites for hydroxylation is 1. The van der Waals surface area contributed by atoms with Gasteiger partial charge < -0.3 is 20.5 Å². The van der Waals surface area contributed by atoms with Gasteiger partial charge in [0.15, 0.2) is 0 Å². The van der Waals surface area contributed by atoms with Crippen LogP contribution >= 0.6 is 0 Å². The molecular weight excluding hydrogens is 260 g/mol. The Bertz CT molecular complexity index is 516. The number of carbonyl (C=O) groups is 2. The number of nitrogens with one attached hydrogen (secondary N) is 2. The molecule has 0 aromatic heterocycles. The predicted molar refractivity (Wildman–Crippen MR) is 73.0 cm³/mol. The first-order valence-corrected chi connectivity index (χ1v) is 6.53. The molecule has 6 nitrogen and oxygen atoms in total. The summed E-state index contributed by atoms with van der Waals surface area (Å²) >= 11 is 0. The number of fused-ring (bicyclic) bond motifs is 1. The summed E-state index contributed by atoms with van der Waals surface area (Å²) in [7, 11) is 0. The number of hydrogen-bond acceptors (Lipinski definition) is 3. The van der Waals surface area contributed by atoms with Gasteiger partial charge in [-0.05, 0) is 24.5 Å². The lowest BCUT2D eigenvalue weighted by molar-refractivity contribution is -0.136. The molecule has 0 radical (unpaired) electrons. The fraction of sp³-hybridized carbons (Fsp3) is 0.429. The monoisotopic (exact) mass is 278 g/mol. The Kier molecular flexibility index (Phi) is 4.45. The average molecular weight is 278 g/mol. The zero-order chi connectivity index (χ0) is 14.5. The van der Waals surface area contributed by atoms with Crippen LogP contribution in [0.4, 0.5) is 4.79 Å². The largest absolute Gasteiger partial charge is 0.491 e. The van der Waals surface area contributed by atoms with Crippen LogP contribution in [0.3, 0.4) is 0 Å². The van der Waals surface area contributed by atoms with Crippen molar-refractivity contribution < 1.29 is 19.4 Å². The minimum atomic E-state index is -0.935. The number of urea groups is 1. The summed E-state index contributed by atoms with van der Waals surface area (Å²) < 4.78 is 5.67. The summed E-state index contributed by atoms with van der Waals surface area (Å²) in [5, 5.41) is 13.8. The van der Waals surface area contributed by atoms with Gasteiger partial charge in [0, 0.05) is 6.54 Å². The molecule has 1 aliphatic rings. The predicted octanol–water partition coefficient (Wildman–Crippen LogP) is 1.07. The van der Waals surface area contributed by atoms with Crippen molar-refractivity contribution in [3.05, 3.63) is 29.3 Å². The van der Waals surface area contributed by atoms with E-state index in [1.54, 1.807) is 0 Å². The first-order valence-electron chi connectivity index (χ1n) is 6.53. The van der Waals surface area contributed by atoms with Gasteiger partial charge >= 0.3 is 12.0 Å². The summed E-state index contributed by atoms with van der Waals surface area (Å²) in [6.45, 7) is 2.53. The molecule has 1 aromatic carbocycles. The van der Waals surface area contributed by atoms with Crippen molar-refractivity contribution in [2.75, 3.05) is 13.2 Å². The van der Waals surface area contributed by atoms with Crippen LogP contribution in [0.5, 0.6) is 5.75 Å². The molecular formula is C14H18N2O4. The van der Waals surface area contributed by atoms with Crippen molar-refractivity contribution in [2.24, 2.45) is 0 Å². The zero-order valence-electron chi connectivity index (χ0n) is 11.3. The van der Waals surface area contributed by atoms with Gasteiger partial charge in [0.25, 0.3) is 0 Å². The highest BCUT2D eigenvalue weighted by Gasteiger charge is 2.22. The van der Waals surface area contributed by atoms with Gasteiger partial charge in [-0.15, -0.1) is 0 Å². The molecule has 0 fully saturated rings. The Balaban J connectivity index is 1.84. The maximum atomic E-state index is 11.6. The van der Waals surface area contributed by atoms with E-state index in [1.807, 2.05) is 25.1 Å². The molecule has 2 amide bonds. The number of aliphatic carboxylic acids is 1. The summed E-state index contributed by atoms with van der Waals surface area (Å²) in [6.07, 6.45) is 0.625. The highest BCUT2D eigenvalue weighted by atomic mass is 16.5. The van der Waals surface area contributed by atoms with Crippen molar-refractivity contribution in [3.8, 4) is 5.75 Å². The second-order valence-electron chi connectivity index (χ2n) is 4.82. The molecule has 3 N–H and O–H groups in total. The quantitative estimate of drug-likeness (QED) is 0.769. The molecule has 1 unspecified atom stereocenters. The van der Waals surface area contributed by atoms with Crippen molar-refractivity contribution in [2.45, 2.75) is 25.8 Å². The van der Waals surface area contributed by atoms with Crippen LogP contribution in [0.1, 0.15) is 17.5 Å². The molecule has 1 atom stereocenters. The molecule has 2 rings (SSSR count). The number of hydrogen-bond donors (Lipinski definition) is 3. The summed E-state index contributed by atoms with van der Waals surface area (Å²) in [4.78, 5) is 21.9. The first-order chi connectivity index (χ1) is 9.56. The van der Waals surface area contributed by atoms with Crippen LogP contribution in [0, 0.1) is 6.92 Å². The van der Waals surface area contributed by atoms with Gasteiger partial charge in [-0.2, -0.15) is 0 Å². The summed E-state index contributed by atoms with van der Waals surface area (Å²) in [5.41, 5.74) is 2.17. The van der Waals surface area contributed by atoms with Gasteiger partial charge in [-0.1, -0.05) is 18.2 Å². The number of ether oxygens (including phenoxy) is 1. The van der Waals surface area contributed by atoms with Crippen molar-refractivity contribution in [1.82, 2.24) is 10.6 Å². The van der Waals surface area contributed by atoms with Crippen LogP contribution < -0.4 is 15.4 Å². The molecule has 0 bridgehead atoms. The van der Waals surface area contributed by atoms with Crippen molar-refractivity contribution >= 4 is 12.0 Å². The van der Waals surface area contributed by atoms with Gasteiger partial charge in [0.1, 0.15) is 12.4 Å². The Hall–Kier alpha value is -2.24. The number of carboxylic acids is 1. The van der Waals surface area contributed by atoms with Crippen LogP contribution in [-0.4, -0.2) is 36.3 Å². The Morgan fingerprint density at radius 3 is 3.00 bits per heavy atom. The SMILES string of the molecule is Cc1cccc2c1OCC(NC(=O)NCCC(=O)O)C2. The molecule has 1 heterocycles. The third-order valence-corrected chi connectivity index (χ3v) is 3.15. The molecule has 1 aliphatic heterocycles. The average Bonchev–Trinajstić information content (AvgIpc) is 2.38. The smallest absolute Gasteiger partial charge is 0.315 e. The molecule has 0 saturated carbocycles. The maximum Gasteiger partial charge on any atom is 0.315 e. The first kappa shape index (κ1) is 14.2. The zero-order valence-corrected chi connectivity index (χ0v) is 11.3. The molecule has 20 heavy (non-hydrogen) atoms. The minimum absolute atomic E-state index is 0.0867. The van der Waals surface area contributed by atoms with Crippen LogP contribution in [-0.2, 0) is 11.2 Å². The lowest BCUT2D eigenvalue weighted by atomic mass is 10.0. The lowest BCUT2D eigenvalue weighted by Crippen LogP contribution is -2.47. The molecule has 108 valence electrons. The standard InChI is InChI=1S/C14H18N2O4/c1-9-3-2-4-10-7-11(8-20-13(9)10)16-14(19)15-6-5-12(17)18/h2-4,11H,5-8H2,1H3,(H,17,18)(H2,15,16,19). The van der Waals surface area contributed by atoms with E-state index in [-0.39, 0.29) is 25.0 Å². The second kappa shape index (κ2) is 6.27. The number of rotatable bonds is 4. The highest BCUT2D eigenvalue weighted by Crippen LogP contribution is 2.28. The highest BCUT2D eigenvalue weighted by molar-refractivity contribution is 5.75. The number of carboxylic acid groups (broad SMARTS) is 1. The van der Waals surface area contributed by atoms with Crippen LogP contribution in [0.15, 0.2) is 18.2 Å². The van der Waals surface area contributed by atoms with Gasteiger partial charge in [0.2, 0.25) is 0 Å². The van der Waals surface area contributed by atoms with E-state index in [4.69, 9.17) is 9.84 Å². The third kappa shape index (κ3) is 3.63. The normalized spacial score (nSPS) is 16.8.